The highest BCUT2D eigenvalue weighted by molar-refractivity contribution is 5.95. The summed E-state index contributed by atoms with van der Waals surface area (Å²) in [7, 11) is 0. The van der Waals surface area contributed by atoms with Crippen molar-refractivity contribution in [3.05, 3.63) is 52.8 Å². The molecule has 0 amide bonds. The van der Waals surface area contributed by atoms with E-state index in [1.807, 2.05) is 19.1 Å². The van der Waals surface area contributed by atoms with Crippen molar-refractivity contribution in [3.8, 4) is 16.9 Å². The van der Waals surface area contributed by atoms with Gasteiger partial charge in [-0.3, -0.25) is 4.79 Å². The number of Topliss-reactive ketones (excluding diaryl/α,β-unsaturated/α-hetero) is 1. The molecular formula is C18H18FNO2. The van der Waals surface area contributed by atoms with Crippen LogP contribution in [-0.2, 0) is 6.42 Å². The number of halogens is 1. The molecule has 0 spiro atoms. The fourth-order valence-corrected chi connectivity index (χ4v) is 2.87. The van der Waals surface area contributed by atoms with Gasteiger partial charge >= 0.3 is 0 Å². The molecule has 0 bridgehead atoms. The number of nitrogens with two attached hydrogens (primary N) is 1. The van der Waals surface area contributed by atoms with E-state index in [1.165, 1.54) is 19.1 Å². The zero-order valence-electron chi connectivity index (χ0n) is 12.7. The van der Waals surface area contributed by atoms with Crippen LogP contribution in [0, 0.1) is 12.7 Å². The molecule has 0 aromatic heterocycles. The Bertz CT molecular complexity index is 755. The van der Waals surface area contributed by atoms with Gasteiger partial charge in [-0.15, -0.1) is 0 Å². The molecule has 2 aromatic rings. The summed E-state index contributed by atoms with van der Waals surface area (Å²) in [6, 6.07) is 8.35. The summed E-state index contributed by atoms with van der Waals surface area (Å²) >= 11 is 0. The van der Waals surface area contributed by atoms with Crippen LogP contribution < -0.4 is 10.5 Å². The number of ether oxygens (including phenoxy) is 1. The Labute approximate surface area is 128 Å². The first-order valence-corrected chi connectivity index (χ1v) is 7.30. The first kappa shape index (κ1) is 14.7. The maximum Gasteiger partial charge on any atom is 0.159 e. The van der Waals surface area contributed by atoms with Gasteiger partial charge in [-0.25, -0.2) is 4.39 Å². The molecule has 2 N–H and O–H groups in total. The molecule has 0 saturated heterocycles. The number of aryl methyl sites for hydroxylation is 1. The second-order valence-corrected chi connectivity index (χ2v) is 5.73. The average molecular weight is 299 g/mol. The Morgan fingerprint density at radius 2 is 2.09 bits per heavy atom. The van der Waals surface area contributed by atoms with Gasteiger partial charge in [-0.1, -0.05) is 6.07 Å². The number of benzene rings is 2. The van der Waals surface area contributed by atoms with Crippen LogP contribution in [0.4, 0.5) is 4.39 Å². The van der Waals surface area contributed by atoms with Crippen LogP contribution in [0.5, 0.6) is 5.75 Å². The van der Waals surface area contributed by atoms with Crippen LogP contribution in [0.1, 0.15) is 28.4 Å². The van der Waals surface area contributed by atoms with Crippen molar-refractivity contribution in [2.24, 2.45) is 5.73 Å². The smallest absolute Gasteiger partial charge is 0.159 e. The zero-order chi connectivity index (χ0) is 15.9. The van der Waals surface area contributed by atoms with Crippen molar-refractivity contribution in [2.45, 2.75) is 26.4 Å². The average Bonchev–Trinajstić information content (AvgIpc) is 2.89. The molecule has 0 fully saturated rings. The molecule has 0 unspecified atom stereocenters. The topological polar surface area (TPSA) is 52.3 Å². The minimum absolute atomic E-state index is 0.0744. The second-order valence-electron chi connectivity index (χ2n) is 5.73. The van der Waals surface area contributed by atoms with E-state index in [1.54, 1.807) is 6.07 Å². The summed E-state index contributed by atoms with van der Waals surface area (Å²) in [5, 5.41) is 0. The van der Waals surface area contributed by atoms with E-state index in [0.29, 0.717) is 29.0 Å². The lowest BCUT2D eigenvalue weighted by Crippen LogP contribution is -2.24. The normalized spacial score (nSPS) is 16.3. The predicted octanol–water partition coefficient (Wildman–Crippen LogP) is 3.27. The summed E-state index contributed by atoms with van der Waals surface area (Å²) in [4.78, 5) is 11.6. The highest BCUT2D eigenvalue weighted by Gasteiger charge is 2.26. The summed E-state index contributed by atoms with van der Waals surface area (Å²) in [6.07, 6.45) is 0.656. The van der Waals surface area contributed by atoms with E-state index < -0.39 is 0 Å². The first-order valence-electron chi connectivity index (χ1n) is 7.30. The molecule has 2 aromatic carbocycles. The number of fused-ring (bicyclic) bond motifs is 1. The molecule has 1 heterocycles. The summed E-state index contributed by atoms with van der Waals surface area (Å²) < 4.78 is 20.2. The van der Waals surface area contributed by atoms with Gasteiger partial charge in [0.15, 0.2) is 5.78 Å². The highest BCUT2D eigenvalue weighted by atomic mass is 19.1. The molecule has 0 saturated carbocycles. The molecule has 1 aliphatic heterocycles. The third-order valence-electron chi connectivity index (χ3n) is 3.97. The van der Waals surface area contributed by atoms with E-state index in [0.717, 1.165) is 17.5 Å². The summed E-state index contributed by atoms with van der Waals surface area (Å²) in [6.45, 7) is 3.86. The summed E-state index contributed by atoms with van der Waals surface area (Å²) in [5.41, 5.74) is 9.33. The van der Waals surface area contributed by atoms with Crippen LogP contribution in [0.25, 0.3) is 11.1 Å². The Balaban J connectivity index is 2.18. The van der Waals surface area contributed by atoms with Crippen molar-refractivity contribution >= 4 is 5.78 Å². The highest BCUT2D eigenvalue weighted by Crippen LogP contribution is 2.40. The Kier molecular flexibility index (Phi) is 3.71. The van der Waals surface area contributed by atoms with E-state index >= 15 is 0 Å². The van der Waals surface area contributed by atoms with Crippen molar-refractivity contribution < 1.29 is 13.9 Å². The van der Waals surface area contributed by atoms with Crippen molar-refractivity contribution in [3.63, 3.8) is 0 Å². The summed E-state index contributed by atoms with van der Waals surface area (Å²) in [5.74, 6) is 0.226. The van der Waals surface area contributed by atoms with Gasteiger partial charge in [-0.05, 0) is 49.2 Å². The molecule has 1 aliphatic rings. The predicted molar refractivity (Wildman–Crippen MR) is 83.8 cm³/mol. The minimum Gasteiger partial charge on any atom is -0.488 e. The number of carbonyl (C=O) groups excluding carboxylic acids is 1. The maximum absolute atomic E-state index is 14.3. The number of hydrogen-bond acceptors (Lipinski definition) is 3. The van der Waals surface area contributed by atoms with Crippen LogP contribution in [0.15, 0.2) is 30.3 Å². The lowest BCUT2D eigenvalue weighted by atomic mass is 9.95. The molecule has 3 nitrogen and oxygen atoms in total. The van der Waals surface area contributed by atoms with E-state index in [4.69, 9.17) is 10.5 Å². The van der Waals surface area contributed by atoms with Gasteiger partial charge < -0.3 is 10.5 Å². The van der Waals surface area contributed by atoms with E-state index in [9.17, 15) is 9.18 Å². The standard InChI is InChI=1S/C18H18FNO2/c1-10-5-13-7-14(9-20)22-18(13)16(6-10)15-8-12(11(2)21)3-4-17(15)19/h3-6,8,14H,7,9,20H2,1-2H3/t14-/m1/s1. The van der Waals surface area contributed by atoms with E-state index in [2.05, 4.69) is 0 Å². The van der Waals surface area contributed by atoms with Crippen LogP contribution in [-0.4, -0.2) is 18.4 Å². The van der Waals surface area contributed by atoms with Gasteiger partial charge in [0, 0.05) is 29.7 Å². The molecule has 1 atom stereocenters. The van der Waals surface area contributed by atoms with E-state index in [-0.39, 0.29) is 17.7 Å². The lowest BCUT2D eigenvalue weighted by Gasteiger charge is -2.13. The Hall–Kier alpha value is -2.20. The van der Waals surface area contributed by atoms with Gasteiger partial charge in [0.25, 0.3) is 0 Å². The number of carbonyl (C=O) groups is 1. The van der Waals surface area contributed by atoms with Crippen molar-refractivity contribution in [1.29, 1.82) is 0 Å². The van der Waals surface area contributed by atoms with Gasteiger partial charge in [0.2, 0.25) is 0 Å². The SMILES string of the molecule is CC(=O)c1ccc(F)c(-c2cc(C)cc3c2O[C@@H](CN)C3)c1. The first-order chi connectivity index (χ1) is 10.5. The minimum atomic E-state index is -0.363. The van der Waals surface area contributed by atoms with Gasteiger partial charge in [0.05, 0.1) is 0 Å². The molecule has 3 rings (SSSR count). The van der Waals surface area contributed by atoms with Crippen molar-refractivity contribution in [2.75, 3.05) is 6.54 Å². The lowest BCUT2D eigenvalue weighted by molar-refractivity contribution is 0.101. The number of hydrogen-bond donors (Lipinski definition) is 1. The fourth-order valence-electron chi connectivity index (χ4n) is 2.87. The largest absolute Gasteiger partial charge is 0.488 e. The van der Waals surface area contributed by atoms with Crippen LogP contribution in [0.3, 0.4) is 0 Å². The Morgan fingerprint density at radius 3 is 2.77 bits per heavy atom. The molecule has 4 heteroatoms. The molecule has 22 heavy (non-hydrogen) atoms. The third-order valence-corrected chi connectivity index (χ3v) is 3.97. The van der Waals surface area contributed by atoms with Crippen LogP contribution in [0.2, 0.25) is 0 Å². The maximum atomic E-state index is 14.3. The quantitative estimate of drug-likeness (QED) is 0.885. The van der Waals surface area contributed by atoms with Gasteiger partial charge in [-0.2, -0.15) is 0 Å². The van der Waals surface area contributed by atoms with Crippen LogP contribution >= 0.6 is 0 Å². The second kappa shape index (κ2) is 5.54. The Morgan fingerprint density at radius 1 is 1.32 bits per heavy atom. The molecule has 114 valence electrons. The fraction of sp³-hybridized carbons (Fsp3) is 0.278. The van der Waals surface area contributed by atoms with Crippen molar-refractivity contribution in [1.82, 2.24) is 0 Å². The molecule has 0 aliphatic carbocycles. The molecular weight excluding hydrogens is 281 g/mol. The molecule has 0 radical (unpaired) electrons. The monoisotopic (exact) mass is 299 g/mol. The third kappa shape index (κ3) is 2.50. The number of rotatable bonds is 3. The van der Waals surface area contributed by atoms with Gasteiger partial charge in [0.1, 0.15) is 17.7 Å². The zero-order valence-corrected chi connectivity index (χ0v) is 12.7. The number of ketones is 1.